The predicted molar refractivity (Wildman–Crippen MR) is 97.3 cm³/mol. The highest BCUT2D eigenvalue weighted by Gasteiger charge is 2.30. The number of amides is 2. The Balaban J connectivity index is 1.59. The third kappa shape index (κ3) is 4.17. The first-order valence-corrected chi connectivity index (χ1v) is 8.34. The highest BCUT2D eigenvalue weighted by molar-refractivity contribution is 6.30. The summed E-state index contributed by atoms with van der Waals surface area (Å²) in [5.74, 6) is -0.290. The second-order valence-electron chi connectivity index (χ2n) is 5.83. The van der Waals surface area contributed by atoms with Crippen LogP contribution in [0.1, 0.15) is 28.4 Å². The van der Waals surface area contributed by atoms with Gasteiger partial charge in [0, 0.05) is 29.4 Å². The normalized spacial score (nSPS) is 19.4. The van der Waals surface area contributed by atoms with Gasteiger partial charge in [-0.05, 0) is 48.4 Å². The molecule has 2 unspecified atom stereocenters. The zero-order valence-corrected chi connectivity index (χ0v) is 14.4. The minimum absolute atomic E-state index is 0.0450. The van der Waals surface area contributed by atoms with E-state index in [0.29, 0.717) is 22.7 Å². The van der Waals surface area contributed by atoms with Crippen LogP contribution in [-0.4, -0.2) is 24.9 Å². The van der Waals surface area contributed by atoms with Gasteiger partial charge in [-0.25, -0.2) is 10.9 Å². The topological polar surface area (TPSA) is 82.3 Å². The maximum atomic E-state index is 12.4. The van der Waals surface area contributed by atoms with Crippen LogP contribution in [0.3, 0.4) is 0 Å². The molecule has 2 atom stereocenters. The molecule has 1 heterocycles. The Morgan fingerprint density at radius 2 is 1.72 bits per heavy atom. The smallest absolute Gasteiger partial charge is 0.251 e. The zero-order valence-electron chi connectivity index (χ0n) is 13.7. The minimum atomic E-state index is -0.348. The zero-order chi connectivity index (χ0) is 17.8. The number of hydrazine groups is 1. The van der Waals surface area contributed by atoms with Crippen LogP contribution in [0, 0.1) is 0 Å². The Morgan fingerprint density at radius 1 is 1.04 bits per heavy atom. The molecule has 4 N–H and O–H groups in total. The minimum Gasteiger partial charge on any atom is -0.355 e. The number of hydrogen-bond acceptors (Lipinski definition) is 4. The Hall–Kier alpha value is -2.41. The Morgan fingerprint density at radius 3 is 2.36 bits per heavy atom. The van der Waals surface area contributed by atoms with Crippen molar-refractivity contribution in [1.82, 2.24) is 16.2 Å². The van der Waals surface area contributed by atoms with Crippen molar-refractivity contribution < 1.29 is 9.59 Å². The van der Waals surface area contributed by atoms with Crippen molar-refractivity contribution in [1.29, 1.82) is 0 Å². The molecule has 2 amide bonds. The average Bonchev–Trinajstić information content (AvgIpc) is 3.12. The molecule has 6 nitrogen and oxygen atoms in total. The molecule has 3 rings (SSSR count). The summed E-state index contributed by atoms with van der Waals surface area (Å²) in [4.78, 5) is 23.9. The summed E-state index contributed by atoms with van der Waals surface area (Å²) in [5.41, 5.74) is 8.42. The Labute approximate surface area is 150 Å². The van der Waals surface area contributed by atoms with Gasteiger partial charge in [-0.1, -0.05) is 23.7 Å². The second kappa shape index (κ2) is 7.65. The van der Waals surface area contributed by atoms with Crippen molar-refractivity contribution in [2.75, 3.05) is 12.4 Å². The summed E-state index contributed by atoms with van der Waals surface area (Å²) in [6.07, 6.45) is 0.629. The number of halogens is 1. The first-order valence-electron chi connectivity index (χ1n) is 7.96. The number of carbonyl (C=O) groups is 2. The lowest BCUT2D eigenvalue weighted by Gasteiger charge is -2.11. The van der Waals surface area contributed by atoms with E-state index in [4.69, 9.17) is 11.6 Å². The molecule has 0 aliphatic carbocycles. The van der Waals surface area contributed by atoms with Crippen LogP contribution in [0.15, 0.2) is 48.5 Å². The Bertz CT molecular complexity index is 762. The monoisotopic (exact) mass is 358 g/mol. The molecule has 130 valence electrons. The summed E-state index contributed by atoms with van der Waals surface area (Å²) in [6.45, 7) is 0. The van der Waals surface area contributed by atoms with Crippen LogP contribution < -0.4 is 21.5 Å². The van der Waals surface area contributed by atoms with Gasteiger partial charge in [-0.3, -0.25) is 9.59 Å². The van der Waals surface area contributed by atoms with E-state index in [2.05, 4.69) is 21.5 Å². The molecule has 1 aliphatic rings. The molecule has 0 saturated carbocycles. The third-order valence-electron chi connectivity index (χ3n) is 4.13. The third-order valence-corrected chi connectivity index (χ3v) is 4.39. The largest absolute Gasteiger partial charge is 0.355 e. The first kappa shape index (κ1) is 17.4. The van der Waals surface area contributed by atoms with Crippen LogP contribution in [0.4, 0.5) is 5.69 Å². The van der Waals surface area contributed by atoms with E-state index in [9.17, 15) is 9.59 Å². The molecule has 1 aliphatic heterocycles. The van der Waals surface area contributed by atoms with Crippen LogP contribution in [0.2, 0.25) is 5.02 Å². The van der Waals surface area contributed by atoms with Gasteiger partial charge in [-0.15, -0.1) is 0 Å². The van der Waals surface area contributed by atoms with Crippen molar-refractivity contribution in [2.45, 2.75) is 18.5 Å². The molecule has 0 bridgehead atoms. The lowest BCUT2D eigenvalue weighted by Crippen LogP contribution is -2.39. The molecule has 1 saturated heterocycles. The van der Waals surface area contributed by atoms with E-state index in [1.807, 2.05) is 24.3 Å². The number of rotatable bonds is 4. The number of carbonyl (C=O) groups excluding carboxylic acids is 2. The van der Waals surface area contributed by atoms with Gasteiger partial charge < -0.3 is 10.6 Å². The van der Waals surface area contributed by atoms with Gasteiger partial charge in [0.05, 0.1) is 0 Å². The summed E-state index contributed by atoms with van der Waals surface area (Å²) >= 11 is 5.90. The average molecular weight is 359 g/mol. The molecule has 0 spiro atoms. The molecule has 0 radical (unpaired) electrons. The maximum Gasteiger partial charge on any atom is 0.251 e. The molecular formula is C18H19ClN4O2. The molecule has 1 fully saturated rings. The van der Waals surface area contributed by atoms with E-state index >= 15 is 0 Å². The van der Waals surface area contributed by atoms with E-state index < -0.39 is 0 Å². The molecule has 2 aromatic carbocycles. The van der Waals surface area contributed by atoms with E-state index in [-0.39, 0.29) is 23.9 Å². The van der Waals surface area contributed by atoms with Crippen LogP contribution >= 0.6 is 11.6 Å². The fourth-order valence-corrected chi connectivity index (χ4v) is 2.85. The number of hydrogen-bond donors (Lipinski definition) is 4. The number of benzene rings is 2. The predicted octanol–water partition coefficient (Wildman–Crippen LogP) is 2.25. The van der Waals surface area contributed by atoms with E-state index in [1.165, 1.54) is 0 Å². The summed E-state index contributed by atoms with van der Waals surface area (Å²) in [5, 5.41) is 6.10. The van der Waals surface area contributed by atoms with Crippen molar-refractivity contribution in [3.05, 3.63) is 64.7 Å². The second-order valence-corrected chi connectivity index (χ2v) is 6.26. The van der Waals surface area contributed by atoms with Gasteiger partial charge in [0.1, 0.15) is 6.04 Å². The quantitative estimate of drug-likeness (QED) is 0.675. The molecule has 25 heavy (non-hydrogen) atoms. The van der Waals surface area contributed by atoms with Crippen LogP contribution in [0.25, 0.3) is 0 Å². The van der Waals surface area contributed by atoms with Crippen molar-refractivity contribution in [3.8, 4) is 0 Å². The summed E-state index contributed by atoms with van der Waals surface area (Å²) in [6, 6.07) is 14.0. The van der Waals surface area contributed by atoms with Crippen molar-refractivity contribution in [3.63, 3.8) is 0 Å². The molecular weight excluding hydrogens is 340 g/mol. The summed E-state index contributed by atoms with van der Waals surface area (Å²) < 4.78 is 0. The van der Waals surface area contributed by atoms with Gasteiger partial charge >= 0.3 is 0 Å². The number of anilines is 1. The Kier molecular flexibility index (Phi) is 5.33. The number of nitrogens with one attached hydrogen (secondary N) is 4. The first-order chi connectivity index (χ1) is 12.1. The fraction of sp³-hybridized carbons (Fsp3) is 0.222. The fourth-order valence-electron chi connectivity index (χ4n) is 2.72. The molecule has 7 heteroatoms. The SMILES string of the molecule is CNC(=O)c1ccc(NC(=O)C2CC(c3ccc(Cl)cc3)NN2)cc1. The molecule has 2 aromatic rings. The van der Waals surface area contributed by atoms with Crippen molar-refractivity contribution in [2.24, 2.45) is 0 Å². The van der Waals surface area contributed by atoms with Gasteiger partial charge in [-0.2, -0.15) is 0 Å². The summed E-state index contributed by atoms with van der Waals surface area (Å²) in [7, 11) is 1.58. The van der Waals surface area contributed by atoms with E-state index in [1.54, 1.807) is 31.3 Å². The standard InChI is InChI=1S/C18H19ClN4O2/c1-20-17(24)12-4-8-14(9-5-12)21-18(25)16-10-15(22-23-16)11-2-6-13(19)7-3-11/h2-9,15-16,22-23H,10H2,1H3,(H,20,24)(H,21,25). The molecule has 0 aromatic heterocycles. The van der Waals surface area contributed by atoms with Gasteiger partial charge in [0.2, 0.25) is 5.91 Å². The van der Waals surface area contributed by atoms with Crippen molar-refractivity contribution >= 4 is 29.1 Å². The van der Waals surface area contributed by atoms with Crippen LogP contribution in [-0.2, 0) is 4.79 Å². The van der Waals surface area contributed by atoms with Gasteiger partial charge in [0.15, 0.2) is 0 Å². The highest BCUT2D eigenvalue weighted by Crippen LogP contribution is 2.24. The highest BCUT2D eigenvalue weighted by atomic mass is 35.5. The van der Waals surface area contributed by atoms with Crippen LogP contribution in [0.5, 0.6) is 0 Å². The lowest BCUT2D eigenvalue weighted by atomic mass is 10.0. The van der Waals surface area contributed by atoms with E-state index in [0.717, 1.165) is 5.56 Å². The maximum absolute atomic E-state index is 12.4. The lowest BCUT2D eigenvalue weighted by molar-refractivity contribution is -0.117. The van der Waals surface area contributed by atoms with Gasteiger partial charge in [0.25, 0.3) is 5.91 Å².